The van der Waals surface area contributed by atoms with Gasteiger partial charge < -0.3 is 15.1 Å². The highest BCUT2D eigenvalue weighted by molar-refractivity contribution is 5.97. The summed E-state index contributed by atoms with van der Waals surface area (Å²) in [5, 5.41) is 2.83. The van der Waals surface area contributed by atoms with Crippen molar-refractivity contribution in [1.29, 1.82) is 0 Å². The lowest BCUT2D eigenvalue weighted by Crippen LogP contribution is -2.68. The molecule has 0 aromatic rings. The first-order chi connectivity index (χ1) is 8.46. The monoisotopic (exact) mass is 253 g/mol. The van der Waals surface area contributed by atoms with Crippen LogP contribution in [0.15, 0.2) is 0 Å². The standard InChI is InChI=1S/C13H23N3O2/c1-4-13(2)12(18)16(9-11(17)14-13)10-6-5-7-15(3)8-10/h10H,4-9H2,1-3H3,(H,14,17). The van der Waals surface area contributed by atoms with Gasteiger partial charge in [-0.25, -0.2) is 0 Å². The highest BCUT2D eigenvalue weighted by atomic mass is 16.2. The number of piperazine rings is 1. The second-order valence-corrected chi connectivity index (χ2v) is 5.73. The summed E-state index contributed by atoms with van der Waals surface area (Å²) in [6.45, 7) is 5.93. The fraction of sp³-hybridized carbons (Fsp3) is 0.846. The zero-order valence-electron chi connectivity index (χ0n) is 11.5. The Morgan fingerprint density at radius 2 is 2.17 bits per heavy atom. The Morgan fingerprint density at radius 3 is 2.78 bits per heavy atom. The molecule has 0 radical (unpaired) electrons. The van der Waals surface area contributed by atoms with Crippen LogP contribution in [0.1, 0.15) is 33.1 Å². The van der Waals surface area contributed by atoms with Crippen molar-refractivity contribution >= 4 is 11.8 Å². The second kappa shape index (κ2) is 4.88. The molecule has 0 bridgehead atoms. The molecule has 1 N–H and O–H groups in total. The Labute approximate surface area is 108 Å². The third-order valence-electron chi connectivity index (χ3n) is 4.21. The Balaban J connectivity index is 2.16. The largest absolute Gasteiger partial charge is 0.340 e. The molecular weight excluding hydrogens is 230 g/mol. The molecule has 5 nitrogen and oxygen atoms in total. The van der Waals surface area contributed by atoms with Gasteiger partial charge in [-0.15, -0.1) is 0 Å². The molecule has 2 heterocycles. The van der Waals surface area contributed by atoms with Crippen LogP contribution in [0.3, 0.4) is 0 Å². The minimum absolute atomic E-state index is 0.0350. The topological polar surface area (TPSA) is 52.7 Å². The summed E-state index contributed by atoms with van der Waals surface area (Å²) >= 11 is 0. The number of rotatable bonds is 2. The van der Waals surface area contributed by atoms with Gasteiger partial charge in [0.2, 0.25) is 11.8 Å². The van der Waals surface area contributed by atoms with Gasteiger partial charge in [0.05, 0.1) is 6.54 Å². The number of likely N-dealkylation sites (N-methyl/N-ethyl adjacent to an activating group) is 1. The van der Waals surface area contributed by atoms with Crippen LogP contribution in [0.2, 0.25) is 0 Å². The summed E-state index contributed by atoms with van der Waals surface area (Å²) in [4.78, 5) is 28.3. The molecule has 2 rings (SSSR count). The zero-order valence-corrected chi connectivity index (χ0v) is 11.5. The summed E-state index contributed by atoms with van der Waals surface area (Å²) in [6.07, 6.45) is 2.73. The normalized spacial score (nSPS) is 34.6. The highest BCUT2D eigenvalue weighted by Crippen LogP contribution is 2.23. The van der Waals surface area contributed by atoms with Crippen molar-refractivity contribution in [2.24, 2.45) is 0 Å². The van der Waals surface area contributed by atoms with Crippen LogP contribution in [0.25, 0.3) is 0 Å². The number of carbonyl (C=O) groups is 2. The average Bonchev–Trinajstić information content (AvgIpc) is 2.34. The van der Waals surface area contributed by atoms with E-state index in [-0.39, 0.29) is 24.4 Å². The summed E-state index contributed by atoms with van der Waals surface area (Å²) in [5.41, 5.74) is -0.717. The lowest BCUT2D eigenvalue weighted by Gasteiger charge is -2.45. The zero-order chi connectivity index (χ0) is 13.3. The van der Waals surface area contributed by atoms with Crippen LogP contribution in [0.5, 0.6) is 0 Å². The first-order valence-corrected chi connectivity index (χ1v) is 6.77. The van der Waals surface area contributed by atoms with Crippen molar-refractivity contribution in [2.75, 3.05) is 26.7 Å². The SMILES string of the molecule is CCC1(C)NC(=O)CN(C2CCCN(C)C2)C1=O. The van der Waals surface area contributed by atoms with Crippen molar-refractivity contribution in [3.05, 3.63) is 0 Å². The minimum Gasteiger partial charge on any atom is -0.340 e. The van der Waals surface area contributed by atoms with E-state index in [0.29, 0.717) is 6.42 Å². The van der Waals surface area contributed by atoms with Crippen LogP contribution in [-0.2, 0) is 9.59 Å². The maximum atomic E-state index is 12.5. The van der Waals surface area contributed by atoms with E-state index in [4.69, 9.17) is 0 Å². The lowest BCUT2D eigenvalue weighted by atomic mass is 9.92. The van der Waals surface area contributed by atoms with Gasteiger partial charge in [-0.05, 0) is 39.8 Å². The first kappa shape index (κ1) is 13.3. The van der Waals surface area contributed by atoms with E-state index in [0.717, 1.165) is 25.9 Å². The molecular formula is C13H23N3O2. The number of hydrogen-bond acceptors (Lipinski definition) is 3. The van der Waals surface area contributed by atoms with Gasteiger partial charge in [0.25, 0.3) is 0 Å². The second-order valence-electron chi connectivity index (χ2n) is 5.73. The third-order valence-corrected chi connectivity index (χ3v) is 4.21. The minimum atomic E-state index is -0.717. The van der Waals surface area contributed by atoms with E-state index in [2.05, 4.69) is 17.3 Å². The fourth-order valence-electron chi connectivity index (χ4n) is 2.87. The molecule has 0 saturated carbocycles. The van der Waals surface area contributed by atoms with E-state index in [1.54, 1.807) is 4.90 Å². The molecule has 102 valence electrons. The molecule has 2 atom stereocenters. The van der Waals surface area contributed by atoms with E-state index in [1.165, 1.54) is 0 Å². The van der Waals surface area contributed by atoms with Crippen molar-refractivity contribution in [2.45, 2.75) is 44.7 Å². The summed E-state index contributed by atoms with van der Waals surface area (Å²) in [6, 6.07) is 0.188. The third kappa shape index (κ3) is 2.36. The molecule has 0 aliphatic carbocycles. The Kier molecular flexibility index (Phi) is 3.61. The predicted molar refractivity (Wildman–Crippen MR) is 69.1 cm³/mol. The molecule has 2 unspecified atom stereocenters. The van der Waals surface area contributed by atoms with Gasteiger partial charge in [-0.2, -0.15) is 0 Å². The van der Waals surface area contributed by atoms with Crippen LogP contribution < -0.4 is 5.32 Å². The maximum Gasteiger partial charge on any atom is 0.248 e. The molecule has 2 aliphatic heterocycles. The molecule has 0 spiro atoms. The van der Waals surface area contributed by atoms with Gasteiger partial charge in [0.1, 0.15) is 5.54 Å². The van der Waals surface area contributed by atoms with Crippen molar-refractivity contribution < 1.29 is 9.59 Å². The Morgan fingerprint density at radius 1 is 1.44 bits per heavy atom. The van der Waals surface area contributed by atoms with Crippen molar-refractivity contribution in [3.8, 4) is 0 Å². The number of piperidine rings is 1. The fourth-order valence-corrected chi connectivity index (χ4v) is 2.87. The first-order valence-electron chi connectivity index (χ1n) is 6.77. The molecule has 18 heavy (non-hydrogen) atoms. The number of amides is 2. The molecule has 0 aromatic carbocycles. The lowest BCUT2D eigenvalue weighted by molar-refractivity contribution is -0.152. The van der Waals surface area contributed by atoms with Gasteiger partial charge in [-0.3, -0.25) is 9.59 Å². The predicted octanol–water partition coefficient (Wildman–Crippen LogP) is 0.208. The molecule has 2 saturated heterocycles. The highest BCUT2D eigenvalue weighted by Gasteiger charge is 2.44. The van der Waals surface area contributed by atoms with Gasteiger partial charge in [0.15, 0.2) is 0 Å². The Bertz CT molecular complexity index is 358. The Hall–Kier alpha value is -1.10. The summed E-state index contributed by atoms with van der Waals surface area (Å²) < 4.78 is 0. The van der Waals surface area contributed by atoms with Crippen LogP contribution in [-0.4, -0.2) is 59.9 Å². The molecule has 2 amide bonds. The number of nitrogens with one attached hydrogen (secondary N) is 1. The number of hydrogen-bond donors (Lipinski definition) is 1. The van der Waals surface area contributed by atoms with Crippen LogP contribution in [0, 0.1) is 0 Å². The van der Waals surface area contributed by atoms with Gasteiger partial charge in [-0.1, -0.05) is 6.92 Å². The molecule has 0 aromatic heterocycles. The van der Waals surface area contributed by atoms with E-state index < -0.39 is 5.54 Å². The van der Waals surface area contributed by atoms with Gasteiger partial charge >= 0.3 is 0 Å². The van der Waals surface area contributed by atoms with Crippen LogP contribution in [0.4, 0.5) is 0 Å². The quantitative estimate of drug-likeness (QED) is 0.765. The van der Waals surface area contributed by atoms with Gasteiger partial charge in [0, 0.05) is 12.6 Å². The molecule has 5 heteroatoms. The van der Waals surface area contributed by atoms with Crippen LogP contribution >= 0.6 is 0 Å². The van der Waals surface area contributed by atoms with E-state index in [9.17, 15) is 9.59 Å². The smallest absolute Gasteiger partial charge is 0.248 e. The number of nitrogens with zero attached hydrogens (tertiary/aromatic N) is 2. The van der Waals surface area contributed by atoms with Crippen molar-refractivity contribution in [3.63, 3.8) is 0 Å². The average molecular weight is 253 g/mol. The van der Waals surface area contributed by atoms with E-state index >= 15 is 0 Å². The maximum absolute atomic E-state index is 12.5. The summed E-state index contributed by atoms with van der Waals surface area (Å²) in [5.74, 6) is 0.0390. The van der Waals surface area contributed by atoms with Crippen molar-refractivity contribution in [1.82, 2.24) is 15.1 Å². The molecule has 2 aliphatic rings. The molecule has 2 fully saturated rings. The van der Waals surface area contributed by atoms with E-state index in [1.807, 2.05) is 13.8 Å². The number of likely N-dealkylation sites (tertiary alicyclic amines) is 1. The number of carbonyl (C=O) groups excluding carboxylic acids is 2. The summed E-state index contributed by atoms with van der Waals surface area (Å²) in [7, 11) is 2.07.